The smallest absolute Gasteiger partial charge is 0.196 e. The zero-order valence-corrected chi connectivity index (χ0v) is 9.02. The van der Waals surface area contributed by atoms with Gasteiger partial charge in [0, 0.05) is 5.56 Å². The quantitative estimate of drug-likeness (QED) is 0.650. The Morgan fingerprint density at radius 3 is 2.62 bits per heavy atom. The van der Waals surface area contributed by atoms with Crippen molar-refractivity contribution in [2.45, 2.75) is 6.29 Å². The molecular formula is C11H9O4S-. The van der Waals surface area contributed by atoms with Gasteiger partial charge in [0.15, 0.2) is 6.29 Å². The van der Waals surface area contributed by atoms with E-state index in [2.05, 4.69) is 4.18 Å². The molecule has 0 amide bonds. The van der Waals surface area contributed by atoms with Crippen molar-refractivity contribution < 1.29 is 18.1 Å². The second-order valence-corrected chi connectivity index (χ2v) is 3.82. The van der Waals surface area contributed by atoms with E-state index >= 15 is 0 Å². The largest absolute Gasteiger partial charge is 0.750 e. The number of aliphatic hydroxyl groups is 1. The summed E-state index contributed by atoms with van der Waals surface area (Å²) in [5.41, 5.74) is 0.433. The molecule has 0 heterocycles. The molecule has 5 heteroatoms. The summed E-state index contributed by atoms with van der Waals surface area (Å²) in [5.74, 6) is 0. The predicted molar refractivity (Wildman–Crippen MR) is 58.9 cm³/mol. The number of fused-ring (bicyclic) bond motifs is 1. The standard InChI is InChI=1S/C11H10O4S/c12-11(15-16(13)14)10-7-3-5-8-4-1-2-6-9(8)10/h1-7,11-12H,(H,13,14)/p-1. The number of rotatable bonds is 3. The average molecular weight is 237 g/mol. The molecule has 84 valence electrons. The summed E-state index contributed by atoms with van der Waals surface area (Å²) < 4.78 is 25.0. The topological polar surface area (TPSA) is 69.6 Å². The Kier molecular flexibility index (Phi) is 3.31. The Balaban J connectivity index is 2.47. The van der Waals surface area contributed by atoms with Gasteiger partial charge < -0.3 is 9.66 Å². The van der Waals surface area contributed by atoms with Crippen LogP contribution in [0.1, 0.15) is 11.9 Å². The summed E-state index contributed by atoms with van der Waals surface area (Å²) in [6, 6.07) is 12.6. The zero-order valence-electron chi connectivity index (χ0n) is 8.20. The second kappa shape index (κ2) is 4.71. The lowest BCUT2D eigenvalue weighted by molar-refractivity contribution is -0.0145. The van der Waals surface area contributed by atoms with Crippen molar-refractivity contribution in [3.05, 3.63) is 48.0 Å². The highest BCUT2D eigenvalue weighted by molar-refractivity contribution is 7.74. The van der Waals surface area contributed by atoms with E-state index in [-0.39, 0.29) is 0 Å². The summed E-state index contributed by atoms with van der Waals surface area (Å²) in [6.07, 6.45) is -1.47. The summed E-state index contributed by atoms with van der Waals surface area (Å²) in [5, 5.41) is 11.3. The molecule has 0 radical (unpaired) electrons. The summed E-state index contributed by atoms with van der Waals surface area (Å²) >= 11 is -2.74. The van der Waals surface area contributed by atoms with Crippen LogP contribution in [-0.4, -0.2) is 13.9 Å². The Morgan fingerprint density at radius 2 is 1.88 bits per heavy atom. The first-order valence-corrected chi connectivity index (χ1v) is 5.60. The van der Waals surface area contributed by atoms with Gasteiger partial charge in [-0.25, -0.2) is 4.21 Å². The van der Waals surface area contributed by atoms with Crippen molar-refractivity contribution in [3.8, 4) is 0 Å². The SMILES string of the molecule is O=S([O-])OC(O)c1cccc2ccccc12. The molecule has 2 unspecified atom stereocenters. The lowest BCUT2D eigenvalue weighted by atomic mass is 10.0. The highest BCUT2D eigenvalue weighted by Crippen LogP contribution is 2.25. The maximum atomic E-state index is 10.3. The van der Waals surface area contributed by atoms with Gasteiger partial charge in [-0.2, -0.15) is 0 Å². The van der Waals surface area contributed by atoms with Crippen LogP contribution >= 0.6 is 0 Å². The lowest BCUT2D eigenvalue weighted by Crippen LogP contribution is -2.05. The molecule has 2 atom stereocenters. The molecule has 0 bridgehead atoms. The first kappa shape index (κ1) is 11.2. The molecule has 16 heavy (non-hydrogen) atoms. The van der Waals surface area contributed by atoms with Crippen LogP contribution < -0.4 is 0 Å². The van der Waals surface area contributed by atoms with Gasteiger partial charge in [0.25, 0.3) is 0 Å². The van der Waals surface area contributed by atoms with E-state index in [0.717, 1.165) is 10.8 Å². The molecule has 1 N–H and O–H groups in total. The van der Waals surface area contributed by atoms with Gasteiger partial charge in [-0.15, -0.1) is 0 Å². The number of benzene rings is 2. The fourth-order valence-corrected chi connectivity index (χ4v) is 1.84. The molecule has 2 rings (SSSR count). The third-order valence-corrected chi connectivity index (χ3v) is 2.60. The maximum absolute atomic E-state index is 10.3. The Hall–Kier alpha value is -1.27. The van der Waals surface area contributed by atoms with E-state index in [0.29, 0.717) is 5.56 Å². The molecule has 0 aromatic heterocycles. The van der Waals surface area contributed by atoms with Crippen LogP contribution in [0.15, 0.2) is 42.5 Å². The molecule has 0 fully saturated rings. The van der Waals surface area contributed by atoms with Crippen LogP contribution in [-0.2, 0) is 15.5 Å². The molecule has 2 aromatic carbocycles. The van der Waals surface area contributed by atoms with Crippen LogP contribution in [0.3, 0.4) is 0 Å². The van der Waals surface area contributed by atoms with Gasteiger partial charge >= 0.3 is 0 Å². The van der Waals surface area contributed by atoms with E-state index in [4.69, 9.17) is 0 Å². The average Bonchev–Trinajstić information content (AvgIpc) is 2.27. The molecule has 0 saturated carbocycles. The van der Waals surface area contributed by atoms with E-state index in [1.54, 1.807) is 18.2 Å². The van der Waals surface area contributed by atoms with E-state index in [9.17, 15) is 13.9 Å². The fourth-order valence-electron chi connectivity index (χ4n) is 1.59. The first-order chi connectivity index (χ1) is 7.68. The fraction of sp³-hybridized carbons (Fsp3) is 0.0909. The molecule has 0 aliphatic rings. The van der Waals surface area contributed by atoms with Crippen LogP contribution in [0.2, 0.25) is 0 Å². The van der Waals surface area contributed by atoms with Crippen molar-refractivity contribution in [2.75, 3.05) is 0 Å². The van der Waals surface area contributed by atoms with Crippen molar-refractivity contribution in [1.82, 2.24) is 0 Å². The predicted octanol–water partition coefficient (Wildman–Crippen LogP) is 1.64. The summed E-state index contributed by atoms with van der Waals surface area (Å²) in [6.45, 7) is 0. The zero-order chi connectivity index (χ0) is 11.5. The van der Waals surface area contributed by atoms with Gasteiger partial charge in [-0.3, -0.25) is 4.18 Å². The minimum Gasteiger partial charge on any atom is -0.750 e. The van der Waals surface area contributed by atoms with Gasteiger partial charge in [0.1, 0.15) is 0 Å². The maximum Gasteiger partial charge on any atom is 0.196 e. The van der Waals surface area contributed by atoms with E-state index in [1.165, 1.54) is 0 Å². The molecule has 4 nitrogen and oxygen atoms in total. The number of aliphatic hydroxyl groups excluding tert-OH is 1. The minimum atomic E-state index is -2.74. The third-order valence-electron chi connectivity index (χ3n) is 2.26. The van der Waals surface area contributed by atoms with E-state index < -0.39 is 17.7 Å². The molecule has 0 aliphatic carbocycles. The monoisotopic (exact) mass is 237 g/mol. The molecule has 0 saturated heterocycles. The molecule has 0 aliphatic heterocycles. The van der Waals surface area contributed by atoms with Gasteiger partial charge in [-0.05, 0) is 10.8 Å². The van der Waals surface area contributed by atoms with Crippen molar-refractivity contribution >= 4 is 22.1 Å². The minimum absolute atomic E-state index is 0.433. The number of hydrogen-bond acceptors (Lipinski definition) is 4. The highest BCUT2D eigenvalue weighted by atomic mass is 32.2. The van der Waals surface area contributed by atoms with Crippen molar-refractivity contribution in [3.63, 3.8) is 0 Å². The van der Waals surface area contributed by atoms with Crippen LogP contribution in [0, 0.1) is 0 Å². The van der Waals surface area contributed by atoms with Crippen LogP contribution in [0.4, 0.5) is 0 Å². The normalized spacial score (nSPS) is 14.9. The first-order valence-electron chi connectivity index (χ1n) is 4.60. The second-order valence-electron chi connectivity index (χ2n) is 3.22. The van der Waals surface area contributed by atoms with Gasteiger partial charge in [-0.1, -0.05) is 42.5 Å². The Bertz CT molecular complexity index is 521. The third kappa shape index (κ3) is 2.28. The molecule has 0 spiro atoms. The summed E-state index contributed by atoms with van der Waals surface area (Å²) in [7, 11) is 0. The van der Waals surface area contributed by atoms with Crippen LogP contribution in [0.5, 0.6) is 0 Å². The Morgan fingerprint density at radius 1 is 1.19 bits per heavy atom. The van der Waals surface area contributed by atoms with Gasteiger partial charge in [0.05, 0.1) is 11.4 Å². The van der Waals surface area contributed by atoms with Gasteiger partial charge in [0.2, 0.25) is 0 Å². The summed E-state index contributed by atoms with van der Waals surface area (Å²) in [4.78, 5) is 0. The lowest BCUT2D eigenvalue weighted by Gasteiger charge is -2.15. The molecule has 2 aromatic rings. The van der Waals surface area contributed by atoms with E-state index in [1.807, 2.05) is 24.3 Å². The highest BCUT2D eigenvalue weighted by Gasteiger charge is 2.11. The van der Waals surface area contributed by atoms with Crippen molar-refractivity contribution in [1.29, 1.82) is 0 Å². The number of hydrogen-bond donors (Lipinski definition) is 1. The Labute approximate surface area is 95.0 Å². The van der Waals surface area contributed by atoms with Crippen molar-refractivity contribution in [2.24, 2.45) is 0 Å². The van der Waals surface area contributed by atoms with Crippen LogP contribution in [0.25, 0.3) is 10.8 Å². The molecular weight excluding hydrogens is 228 g/mol.